The van der Waals surface area contributed by atoms with E-state index in [4.69, 9.17) is 4.74 Å². The quantitative estimate of drug-likeness (QED) is 0.494. The Labute approximate surface area is 126 Å². The lowest BCUT2D eigenvalue weighted by Crippen LogP contribution is -2.21. The van der Waals surface area contributed by atoms with E-state index in [9.17, 15) is 14.9 Å². The van der Waals surface area contributed by atoms with Crippen LogP contribution in [0.2, 0.25) is 0 Å². The van der Waals surface area contributed by atoms with Gasteiger partial charge in [-0.1, -0.05) is 13.0 Å². The van der Waals surface area contributed by atoms with Crippen molar-refractivity contribution in [3.63, 3.8) is 0 Å². The molecule has 1 aliphatic rings. The van der Waals surface area contributed by atoms with Gasteiger partial charge in [-0.2, -0.15) is 0 Å². The van der Waals surface area contributed by atoms with Crippen LogP contribution in [0.3, 0.4) is 0 Å². The fourth-order valence-corrected chi connectivity index (χ4v) is 2.67. The van der Waals surface area contributed by atoms with Crippen LogP contribution in [-0.4, -0.2) is 22.0 Å². The fraction of sp³-hybridized carbons (Fsp3) is 0.250. The molecule has 22 heavy (non-hydrogen) atoms. The number of pyridine rings is 1. The number of esters is 1. The third-order valence-corrected chi connectivity index (χ3v) is 3.91. The molecule has 0 amide bonds. The molecule has 0 N–H and O–H groups in total. The van der Waals surface area contributed by atoms with Crippen molar-refractivity contribution >= 4 is 11.7 Å². The van der Waals surface area contributed by atoms with E-state index in [1.165, 1.54) is 24.3 Å². The molecule has 0 saturated heterocycles. The highest BCUT2D eigenvalue weighted by molar-refractivity contribution is 5.89. The summed E-state index contributed by atoms with van der Waals surface area (Å²) < 4.78 is 5.54. The lowest BCUT2D eigenvalue weighted by molar-refractivity contribution is -0.384. The minimum atomic E-state index is -0.504. The number of hydrogen-bond acceptors (Lipinski definition) is 5. The maximum absolute atomic E-state index is 12.2. The minimum Gasteiger partial charge on any atom is -0.458 e. The van der Waals surface area contributed by atoms with Crippen molar-refractivity contribution in [2.75, 3.05) is 0 Å². The highest BCUT2D eigenvalue weighted by Gasteiger charge is 2.33. The first-order chi connectivity index (χ1) is 10.6. The predicted octanol–water partition coefficient (Wildman–Crippen LogP) is 2.88. The van der Waals surface area contributed by atoms with Gasteiger partial charge >= 0.3 is 5.97 Å². The van der Waals surface area contributed by atoms with E-state index in [1.54, 1.807) is 6.20 Å². The average molecular weight is 298 g/mol. The highest BCUT2D eigenvalue weighted by Crippen LogP contribution is 2.33. The van der Waals surface area contributed by atoms with Gasteiger partial charge in [0, 0.05) is 30.7 Å². The van der Waals surface area contributed by atoms with Crippen LogP contribution in [0, 0.1) is 10.1 Å². The summed E-state index contributed by atoms with van der Waals surface area (Å²) in [7, 11) is 0. The Morgan fingerprint density at radius 3 is 2.68 bits per heavy atom. The van der Waals surface area contributed by atoms with Gasteiger partial charge in [0.15, 0.2) is 0 Å². The van der Waals surface area contributed by atoms with Gasteiger partial charge in [-0.05, 0) is 23.8 Å². The zero-order chi connectivity index (χ0) is 15.7. The van der Waals surface area contributed by atoms with E-state index >= 15 is 0 Å². The van der Waals surface area contributed by atoms with Crippen LogP contribution in [0.4, 0.5) is 5.69 Å². The number of carbonyl (C=O) groups is 1. The molecule has 0 saturated carbocycles. The monoisotopic (exact) mass is 298 g/mol. The molecule has 0 radical (unpaired) electrons. The zero-order valence-corrected chi connectivity index (χ0v) is 11.9. The van der Waals surface area contributed by atoms with E-state index in [1.807, 2.05) is 19.1 Å². The predicted molar refractivity (Wildman–Crippen MR) is 78.7 cm³/mol. The van der Waals surface area contributed by atoms with Gasteiger partial charge in [0.05, 0.1) is 16.2 Å². The number of nitro groups is 1. The first kappa shape index (κ1) is 14.2. The van der Waals surface area contributed by atoms with Crippen molar-refractivity contribution in [3.05, 3.63) is 69.5 Å². The lowest BCUT2D eigenvalue weighted by Gasteiger charge is -2.16. The number of ether oxygens (including phenoxy) is 1. The molecule has 6 nitrogen and oxygen atoms in total. The standard InChI is InChI=1S/C16H14N2O4/c1-10-14(9-12-3-2-8-17-15(10)12)22-16(19)11-4-6-13(7-5-11)18(20)21/h2-8,10,14H,9H2,1H3/t10-,14-/m1/s1. The number of benzene rings is 1. The van der Waals surface area contributed by atoms with E-state index in [0.717, 1.165) is 11.3 Å². The van der Waals surface area contributed by atoms with Crippen molar-refractivity contribution < 1.29 is 14.5 Å². The number of non-ortho nitro benzene ring substituents is 1. The topological polar surface area (TPSA) is 82.3 Å². The number of carbonyl (C=O) groups excluding carboxylic acids is 1. The molecular weight excluding hydrogens is 284 g/mol. The van der Waals surface area contributed by atoms with Crippen LogP contribution < -0.4 is 0 Å². The third kappa shape index (κ3) is 2.55. The van der Waals surface area contributed by atoms with Crippen molar-refractivity contribution in [2.45, 2.75) is 25.4 Å². The molecule has 112 valence electrons. The summed E-state index contributed by atoms with van der Waals surface area (Å²) in [6.45, 7) is 1.98. The molecule has 1 aliphatic carbocycles. The molecule has 1 heterocycles. The molecule has 6 heteroatoms. The Bertz CT molecular complexity index is 727. The smallest absolute Gasteiger partial charge is 0.338 e. The van der Waals surface area contributed by atoms with E-state index in [-0.39, 0.29) is 17.7 Å². The molecule has 0 bridgehead atoms. The molecule has 2 aromatic rings. The van der Waals surface area contributed by atoms with Gasteiger partial charge in [0.1, 0.15) is 6.10 Å². The summed E-state index contributed by atoms with van der Waals surface area (Å²) in [6, 6.07) is 9.26. The van der Waals surface area contributed by atoms with Crippen LogP contribution >= 0.6 is 0 Å². The maximum Gasteiger partial charge on any atom is 0.338 e. The van der Waals surface area contributed by atoms with Crippen LogP contribution in [-0.2, 0) is 11.2 Å². The van der Waals surface area contributed by atoms with Crippen molar-refractivity contribution in [2.24, 2.45) is 0 Å². The molecule has 0 spiro atoms. The van der Waals surface area contributed by atoms with Crippen molar-refractivity contribution in [1.82, 2.24) is 4.98 Å². The number of fused-ring (bicyclic) bond motifs is 1. The van der Waals surface area contributed by atoms with Crippen molar-refractivity contribution in [3.8, 4) is 0 Å². The minimum absolute atomic E-state index is 0.0400. The van der Waals surface area contributed by atoms with Gasteiger partial charge in [-0.25, -0.2) is 4.79 Å². The summed E-state index contributed by atoms with van der Waals surface area (Å²) in [5.41, 5.74) is 2.31. The number of nitro benzene ring substituents is 1. The SMILES string of the molecule is C[C@H]1c2ncccc2C[C@H]1OC(=O)c1ccc([N+](=O)[O-])cc1. The Morgan fingerprint density at radius 2 is 2.05 bits per heavy atom. The second-order valence-corrected chi connectivity index (χ2v) is 5.29. The van der Waals surface area contributed by atoms with E-state index < -0.39 is 10.9 Å². The van der Waals surface area contributed by atoms with Crippen LogP contribution in [0.15, 0.2) is 42.6 Å². The lowest BCUT2D eigenvalue weighted by atomic mass is 10.1. The van der Waals surface area contributed by atoms with E-state index in [2.05, 4.69) is 4.98 Å². The van der Waals surface area contributed by atoms with Gasteiger partial charge in [-0.3, -0.25) is 15.1 Å². The van der Waals surface area contributed by atoms with Crippen LogP contribution in [0.25, 0.3) is 0 Å². The Kier molecular flexibility index (Phi) is 3.58. The Hall–Kier alpha value is -2.76. The van der Waals surface area contributed by atoms with Gasteiger partial charge < -0.3 is 4.74 Å². The zero-order valence-electron chi connectivity index (χ0n) is 11.9. The molecule has 2 atom stereocenters. The third-order valence-electron chi connectivity index (χ3n) is 3.91. The molecule has 1 aromatic carbocycles. The number of rotatable bonds is 3. The van der Waals surface area contributed by atoms with Gasteiger partial charge in [0.2, 0.25) is 0 Å². The first-order valence-electron chi connectivity index (χ1n) is 6.95. The molecule has 0 unspecified atom stereocenters. The molecule has 3 rings (SSSR count). The normalized spacial score (nSPS) is 19.5. The Morgan fingerprint density at radius 1 is 1.32 bits per heavy atom. The maximum atomic E-state index is 12.2. The largest absolute Gasteiger partial charge is 0.458 e. The second-order valence-electron chi connectivity index (χ2n) is 5.29. The molecular formula is C16H14N2O4. The van der Waals surface area contributed by atoms with Crippen molar-refractivity contribution in [1.29, 1.82) is 0 Å². The summed E-state index contributed by atoms with van der Waals surface area (Å²) in [5, 5.41) is 10.6. The van der Waals surface area contributed by atoms with E-state index in [0.29, 0.717) is 12.0 Å². The fourth-order valence-electron chi connectivity index (χ4n) is 2.67. The second kappa shape index (κ2) is 5.55. The van der Waals surface area contributed by atoms with Gasteiger partial charge in [-0.15, -0.1) is 0 Å². The van der Waals surface area contributed by atoms with Crippen LogP contribution in [0.5, 0.6) is 0 Å². The highest BCUT2D eigenvalue weighted by atomic mass is 16.6. The van der Waals surface area contributed by atoms with Crippen LogP contribution in [0.1, 0.15) is 34.5 Å². The van der Waals surface area contributed by atoms with Gasteiger partial charge in [0.25, 0.3) is 5.69 Å². The summed E-state index contributed by atoms with van der Waals surface area (Å²) in [4.78, 5) is 26.6. The summed E-state index contributed by atoms with van der Waals surface area (Å²) >= 11 is 0. The summed E-state index contributed by atoms with van der Waals surface area (Å²) in [5.74, 6) is -0.433. The average Bonchev–Trinajstić information content (AvgIpc) is 2.84. The number of nitrogens with zero attached hydrogens (tertiary/aromatic N) is 2. The number of hydrogen-bond donors (Lipinski definition) is 0. The first-order valence-corrected chi connectivity index (χ1v) is 6.95. The molecule has 1 aromatic heterocycles. The molecule has 0 fully saturated rings. The summed E-state index contributed by atoms with van der Waals surface area (Å²) in [6.07, 6.45) is 2.12. The molecule has 0 aliphatic heterocycles. The number of aromatic nitrogens is 1. The Balaban J connectivity index is 1.72.